The highest BCUT2D eigenvalue weighted by atomic mass is 16.3. The lowest BCUT2D eigenvalue weighted by Gasteiger charge is -2.23. The Morgan fingerprint density at radius 1 is 0.455 bits per heavy atom. The van der Waals surface area contributed by atoms with Crippen molar-refractivity contribution < 1.29 is 8.83 Å². The fourth-order valence-corrected chi connectivity index (χ4v) is 6.37. The highest BCUT2D eigenvalue weighted by Gasteiger charge is 2.25. The van der Waals surface area contributed by atoms with Gasteiger partial charge in [0.2, 0.25) is 0 Å². The number of benzene rings is 6. The minimum atomic E-state index is -0.485. The van der Waals surface area contributed by atoms with Gasteiger partial charge in [0.1, 0.15) is 34.0 Å². The van der Waals surface area contributed by atoms with E-state index in [0.29, 0.717) is 0 Å². The highest BCUT2D eigenvalue weighted by molar-refractivity contribution is 6.19. The smallest absolute Gasteiger partial charge is 0.170 e. The van der Waals surface area contributed by atoms with Gasteiger partial charge in [-0.05, 0) is 23.8 Å². The Kier molecular flexibility index (Phi) is 5.50. The minimum Gasteiger partial charge on any atom is -0.456 e. The molecule has 5 nitrogen and oxygen atoms in total. The fraction of sp³-hybridized carbons (Fsp3) is 0.0256. The van der Waals surface area contributed by atoms with E-state index in [4.69, 9.17) is 18.8 Å². The quantitative estimate of drug-likeness (QED) is 0.230. The molecule has 44 heavy (non-hydrogen) atoms. The van der Waals surface area contributed by atoms with Crippen LogP contribution in [-0.4, -0.2) is 11.7 Å². The van der Waals surface area contributed by atoms with Crippen LogP contribution in [0.2, 0.25) is 0 Å². The molecule has 2 aromatic heterocycles. The summed E-state index contributed by atoms with van der Waals surface area (Å²) in [6.45, 7) is 0. The first-order chi connectivity index (χ1) is 21.8. The number of nitrogens with zero attached hydrogens (tertiary/aromatic N) is 2. The van der Waals surface area contributed by atoms with Gasteiger partial charge >= 0.3 is 0 Å². The Bertz CT molecular complexity index is 2360. The molecule has 1 aliphatic heterocycles. The molecule has 0 atom stereocenters. The van der Waals surface area contributed by atoms with Crippen molar-refractivity contribution in [2.24, 2.45) is 9.98 Å². The summed E-state index contributed by atoms with van der Waals surface area (Å²) in [4.78, 5) is 10.3. The standard InChI is InChI=1S/C39H25N3O2/c1-3-12-24(13-4-1)37-40-38(25-14-5-2-6-15-25)42-39(41-37)30-20-11-23-33-35(30)34-27(17-10-22-32(34)43-33)29-19-9-18-28-26-16-7-8-21-31(26)44-36(28)29/h1-23,39H,(H,40,41,42). The second-order valence-electron chi connectivity index (χ2n) is 11.0. The predicted molar refractivity (Wildman–Crippen MR) is 178 cm³/mol. The Morgan fingerprint density at radius 2 is 1.02 bits per heavy atom. The Balaban J connectivity index is 1.31. The second-order valence-corrected chi connectivity index (χ2v) is 11.0. The monoisotopic (exact) mass is 567 g/mol. The molecule has 1 aliphatic rings. The van der Waals surface area contributed by atoms with E-state index in [0.717, 1.165) is 83.4 Å². The lowest BCUT2D eigenvalue weighted by atomic mass is 9.95. The van der Waals surface area contributed by atoms with Crippen LogP contribution >= 0.6 is 0 Å². The number of aliphatic imine (C=N–C) groups is 2. The normalized spacial score (nSPS) is 13.8. The van der Waals surface area contributed by atoms with E-state index in [9.17, 15) is 0 Å². The van der Waals surface area contributed by atoms with E-state index >= 15 is 0 Å². The first-order valence-corrected chi connectivity index (χ1v) is 14.7. The molecule has 9 rings (SSSR count). The number of nitrogens with one attached hydrogen (secondary N) is 1. The highest BCUT2D eigenvalue weighted by Crippen LogP contribution is 2.44. The third kappa shape index (κ3) is 3.87. The van der Waals surface area contributed by atoms with Gasteiger partial charge in [-0.3, -0.25) is 0 Å². The average Bonchev–Trinajstić information content (AvgIpc) is 3.68. The topological polar surface area (TPSA) is 63.0 Å². The lowest BCUT2D eigenvalue weighted by molar-refractivity contribution is 0.667. The van der Waals surface area contributed by atoms with Crippen molar-refractivity contribution in [2.45, 2.75) is 6.17 Å². The molecule has 8 aromatic rings. The van der Waals surface area contributed by atoms with Gasteiger partial charge in [0, 0.05) is 43.8 Å². The van der Waals surface area contributed by atoms with Crippen LogP contribution in [0.3, 0.4) is 0 Å². The van der Waals surface area contributed by atoms with Crippen LogP contribution in [-0.2, 0) is 0 Å². The maximum absolute atomic E-state index is 6.50. The van der Waals surface area contributed by atoms with Crippen LogP contribution in [0.1, 0.15) is 22.9 Å². The SMILES string of the molecule is c1ccc(C2=NC(c3cccc4oc5cccc(-c6cccc7c6oc6ccccc67)c5c34)N=C(c3ccccc3)N2)cc1. The van der Waals surface area contributed by atoms with E-state index in [1.165, 1.54) is 0 Å². The van der Waals surface area contributed by atoms with Gasteiger partial charge in [0.25, 0.3) is 0 Å². The van der Waals surface area contributed by atoms with Crippen molar-refractivity contribution in [2.75, 3.05) is 0 Å². The lowest BCUT2D eigenvalue weighted by Crippen LogP contribution is -2.36. The number of para-hydroxylation sites is 2. The van der Waals surface area contributed by atoms with Crippen LogP contribution in [0, 0.1) is 0 Å². The molecule has 0 spiro atoms. The number of hydrogen-bond donors (Lipinski definition) is 1. The van der Waals surface area contributed by atoms with Crippen molar-refractivity contribution in [1.29, 1.82) is 0 Å². The first-order valence-electron chi connectivity index (χ1n) is 14.7. The molecule has 0 unspecified atom stereocenters. The summed E-state index contributed by atoms with van der Waals surface area (Å²) in [5.41, 5.74) is 8.41. The number of rotatable bonds is 4. The Hall–Kier alpha value is -5.94. The molecule has 0 fully saturated rings. The number of amidine groups is 2. The molecule has 0 radical (unpaired) electrons. The van der Waals surface area contributed by atoms with E-state index in [-0.39, 0.29) is 0 Å². The third-order valence-corrected chi connectivity index (χ3v) is 8.36. The van der Waals surface area contributed by atoms with Crippen LogP contribution < -0.4 is 5.32 Å². The van der Waals surface area contributed by atoms with E-state index < -0.39 is 6.17 Å². The van der Waals surface area contributed by atoms with Gasteiger partial charge in [-0.25, -0.2) is 9.98 Å². The zero-order valence-electron chi connectivity index (χ0n) is 23.6. The predicted octanol–water partition coefficient (Wildman–Crippen LogP) is 9.65. The second kappa shape index (κ2) is 9.82. The zero-order chi connectivity index (χ0) is 29.0. The zero-order valence-corrected chi connectivity index (χ0v) is 23.6. The largest absolute Gasteiger partial charge is 0.456 e. The van der Waals surface area contributed by atoms with Gasteiger partial charge in [0.15, 0.2) is 6.17 Å². The van der Waals surface area contributed by atoms with Gasteiger partial charge in [-0.15, -0.1) is 0 Å². The van der Waals surface area contributed by atoms with Crippen LogP contribution in [0.25, 0.3) is 55.0 Å². The molecule has 0 amide bonds. The number of fused-ring (bicyclic) bond motifs is 6. The molecule has 0 bridgehead atoms. The van der Waals surface area contributed by atoms with Crippen LogP contribution in [0.5, 0.6) is 0 Å². The molecule has 6 aromatic carbocycles. The molecule has 0 saturated heterocycles. The average molecular weight is 568 g/mol. The van der Waals surface area contributed by atoms with Crippen molar-refractivity contribution in [1.82, 2.24) is 5.32 Å². The summed E-state index contributed by atoms with van der Waals surface area (Å²) in [5.74, 6) is 1.56. The molecule has 1 N–H and O–H groups in total. The maximum atomic E-state index is 6.50. The summed E-state index contributed by atoms with van der Waals surface area (Å²) in [7, 11) is 0. The summed E-state index contributed by atoms with van der Waals surface area (Å²) in [5, 5.41) is 7.73. The molecule has 3 heterocycles. The first kappa shape index (κ1) is 24.6. The number of hydrogen-bond acceptors (Lipinski definition) is 5. The molecule has 5 heteroatoms. The van der Waals surface area contributed by atoms with Gasteiger partial charge in [0.05, 0.1) is 0 Å². The summed E-state index contributed by atoms with van der Waals surface area (Å²) in [6.07, 6.45) is -0.485. The minimum absolute atomic E-state index is 0.485. The van der Waals surface area contributed by atoms with E-state index in [1.54, 1.807) is 0 Å². The van der Waals surface area contributed by atoms with Crippen LogP contribution in [0.4, 0.5) is 0 Å². The Morgan fingerprint density at radius 3 is 1.77 bits per heavy atom. The molecular formula is C39H25N3O2. The van der Waals surface area contributed by atoms with Gasteiger partial charge < -0.3 is 14.2 Å². The van der Waals surface area contributed by atoms with E-state index in [1.807, 2.05) is 78.9 Å². The molecule has 0 aliphatic carbocycles. The van der Waals surface area contributed by atoms with Gasteiger partial charge in [-0.2, -0.15) is 0 Å². The molecular weight excluding hydrogens is 542 g/mol. The molecule has 208 valence electrons. The molecule has 0 saturated carbocycles. The fourth-order valence-electron chi connectivity index (χ4n) is 6.37. The third-order valence-electron chi connectivity index (χ3n) is 8.36. The van der Waals surface area contributed by atoms with E-state index in [2.05, 4.69) is 66.0 Å². The number of furan rings is 2. The van der Waals surface area contributed by atoms with Crippen molar-refractivity contribution >= 4 is 55.5 Å². The van der Waals surface area contributed by atoms with Crippen molar-refractivity contribution in [3.8, 4) is 11.1 Å². The summed E-state index contributed by atoms with van der Waals surface area (Å²) < 4.78 is 13.0. The van der Waals surface area contributed by atoms with Crippen molar-refractivity contribution in [3.05, 3.63) is 156 Å². The summed E-state index contributed by atoms with van der Waals surface area (Å²) >= 11 is 0. The van der Waals surface area contributed by atoms with Gasteiger partial charge in [-0.1, -0.05) is 121 Å². The Labute approximate surface area is 252 Å². The summed E-state index contributed by atoms with van der Waals surface area (Å²) in [6, 6.07) is 47.3. The van der Waals surface area contributed by atoms with Crippen LogP contribution in [0.15, 0.2) is 158 Å². The maximum Gasteiger partial charge on any atom is 0.170 e. The van der Waals surface area contributed by atoms with Crippen molar-refractivity contribution in [3.63, 3.8) is 0 Å².